The van der Waals surface area contributed by atoms with E-state index in [9.17, 15) is 4.79 Å². The standard InChI is InChI=1S/C13H17NO4/c1-10(15)14-13(8-18-9-16-2)11-4-6-12(17-3)7-5-11/h4-8H,9H2,1-3H3,(H,14,15)/b13-8+. The minimum absolute atomic E-state index is 0.124. The maximum absolute atomic E-state index is 11.1. The molecule has 0 aliphatic heterocycles. The van der Waals surface area contributed by atoms with Gasteiger partial charge in [0, 0.05) is 19.6 Å². The van der Waals surface area contributed by atoms with Gasteiger partial charge in [-0.05, 0) is 24.3 Å². The molecule has 1 amide bonds. The Morgan fingerprint density at radius 1 is 1.28 bits per heavy atom. The van der Waals surface area contributed by atoms with Crippen LogP contribution in [0.4, 0.5) is 0 Å². The van der Waals surface area contributed by atoms with Crippen molar-refractivity contribution in [3.05, 3.63) is 36.1 Å². The fourth-order valence-corrected chi connectivity index (χ4v) is 1.32. The van der Waals surface area contributed by atoms with Crippen LogP contribution in [0.25, 0.3) is 5.70 Å². The molecule has 0 spiro atoms. The highest BCUT2D eigenvalue weighted by atomic mass is 16.7. The summed E-state index contributed by atoms with van der Waals surface area (Å²) in [4.78, 5) is 11.1. The third-order valence-corrected chi connectivity index (χ3v) is 2.10. The molecule has 98 valence electrons. The molecule has 1 N–H and O–H groups in total. The summed E-state index contributed by atoms with van der Waals surface area (Å²) in [6, 6.07) is 7.27. The highest BCUT2D eigenvalue weighted by Gasteiger charge is 2.04. The van der Waals surface area contributed by atoms with Gasteiger partial charge >= 0.3 is 0 Å². The molecule has 0 saturated carbocycles. The van der Waals surface area contributed by atoms with Crippen LogP contribution in [-0.2, 0) is 14.3 Å². The van der Waals surface area contributed by atoms with Crippen LogP contribution in [-0.4, -0.2) is 26.9 Å². The van der Waals surface area contributed by atoms with E-state index in [-0.39, 0.29) is 12.7 Å². The molecule has 0 saturated heterocycles. The van der Waals surface area contributed by atoms with Crippen LogP contribution >= 0.6 is 0 Å². The minimum atomic E-state index is -0.168. The lowest BCUT2D eigenvalue weighted by molar-refractivity contribution is -0.117. The molecule has 0 bridgehead atoms. The first-order chi connectivity index (χ1) is 8.67. The fourth-order valence-electron chi connectivity index (χ4n) is 1.32. The Morgan fingerprint density at radius 2 is 1.94 bits per heavy atom. The summed E-state index contributed by atoms with van der Waals surface area (Å²) in [5.74, 6) is 0.580. The number of hydrogen-bond acceptors (Lipinski definition) is 4. The predicted molar refractivity (Wildman–Crippen MR) is 67.7 cm³/mol. The van der Waals surface area contributed by atoms with Gasteiger partial charge in [-0.1, -0.05) is 0 Å². The number of rotatable bonds is 6. The monoisotopic (exact) mass is 251 g/mol. The van der Waals surface area contributed by atoms with Gasteiger partial charge in [-0.15, -0.1) is 0 Å². The molecule has 1 aromatic rings. The van der Waals surface area contributed by atoms with Gasteiger partial charge in [0.1, 0.15) is 12.0 Å². The number of carbonyl (C=O) groups is 1. The lowest BCUT2D eigenvalue weighted by Gasteiger charge is -2.09. The smallest absolute Gasteiger partial charge is 0.221 e. The molecule has 18 heavy (non-hydrogen) atoms. The van der Waals surface area contributed by atoms with Gasteiger partial charge in [-0.3, -0.25) is 4.79 Å². The Bertz CT molecular complexity index is 412. The molecule has 0 atom stereocenters. The second kappa shape index (κ2) is 7.34. The largest absolute Gasteiger partial charge is 0.497 e. The molecular formula is C13H17NO4. The highest BCUT2D eigenvalue weighted by Crippen LogP contribution is 2.17. The molecule has 0 radical (unpaired) electrons. The summed E-state index contributed by atoms with van der Waals surface area (Å²) >= 11 is 0. The van der Waals surface area contributed by atoms with E-state index in [1.165, 1.54) is 20.3 Å². The van der Waals surface area contributed by atoms with Crippen molar-refractivity contribution in [2.45, 2.75) is 6.92 Å². The maximum atomic E-state index is 11.1. The number of hydrogen-bond donors (Lipinski definition) is 1. The van der Waals surface area contributed by atoms with Crippen LogP contribution in [0.3, 0.4) is 0 Å². The molecule has 5 nitrogen and oxygen atoms in total. The summed E-state index contributed by atoms with van der Waals surface area (Å²) in [7, 11) is 3.13. The number of carbonyl (C=O) groups excluding carboxylic acids is 1. The van der Waals surface area contributed by atoms with Crippen molar-refractivity contribution < 1.29 is 19.0 Å². The van der Waals surface area contributed by atoms with Gasteiger partial charge in [-0.2, -0.15) is 0 Å². The van der Waals surface area contributed by atoms with E-state index in [4.69, 9.17) is 14.2 Å². The second-order valence-electron chi connectivity index (χ2n) is 3.51. The van der Waals surface area contributed by atoms with E-state index < -0.39 is 0 Å². The van der Waals surface area contributed by atoms with Crippen molar-refractivity contribution in [2.24, 2.45) is 0 Å². The van der Waals surface area contributed by atoms with Crippen molar-refractivity contribution in [3.63, 3.8) is 0 Å². The quantitative estimate of drug-likeness (QED) is 0.475. The van der Waals surface area contributed by atoms with E-state index in [0.29, 0.717) is 5.70 Å². The zero-order valence-corrected chi connectivity index (χ0v) is 10.7. The van der Waals surface area contributed by atoms with Crippen molar-refractivity contribution in [1.29, 1.82) is 0 Å². The third kappa shape index (κ3) is 4.47. The van der Waals surface area contributed by atoms with Crippen molar-refractivity contribution in [3.8, 4) is 5.75 Å². The first-order valence-corrected chi connectivity index (χ1v) is 5.40. The molecule has 5 heteroatoms. The number of methoxy groups -OCH3 is 2. The van der Waals surface area contributed by atoms with E-state index in [0.717, 1.165) is 11.3 Å². The molecule has 0 aromatic heterocycles. The Kier molecular flexibility index (Phi) is 5.73. The average molecular weight is 251 g/mol. The Labute approximate surface area is 106 Å². The summed E-state index contributed by atoms with van der Waals surface area (Å²) in [5.41, 5.74) is 1.39. The van der Waals surface area contributed by atoms with Gasteiger partial charge in [0.05, 0.1) is 12.8 Å². The highest BCUT2D eigenvalue weighted by molar-refractivity contribution is 5.84. The topological polar surface area (TPSA) is 56.8 Å². The predicted octanol–water partition coefficient (Wildman–Crippen LogP) is 1.75. The molecular weight excluding hydrogens is 234 g/mol. The molecule has 0 fully saturated rings. The van der Waals surface area contributed by atoms with Crippen molar-refractivity contribution >= 4 is 11.6 Å². The van der Waals surface area contributed by atoms with Gasteiger partial charge in [0.2, 0.25) is 5.91 Å². The average Bonchev–Trinajstić information content (AvgIpc) is 2.37. The Balaban J connectivity index is 2.86. The molecule has 0 unspecified atom stereocenters. The number of ether oxygens (including phenoxy) is 3. The van der Waals surface area contributed by atoms with E-state index in [1.807, 2.05) is 12.1 Å². The molecule has 1 aromatic carbocycles. The van der Waals surface area contributed by atoms with Crippen LogP contribution < -0.4 is 10.1 Å². The van der Waals surface area contributed by atoms with Gasteiger partial charge in [0.25, 0.3) is 0 Å². The maximum Gasteiger partial charge on any atom is 0.221 e. The van der Waals surface area contributed by atoms with Gasteiger partial charge in [-0.25, -0.2) is 0 Å². The normalized spacial score (nSPS) is 10.9. The van der Waals surface area contributed by atoms with Crippen molar-refractivity contribution in [1.82, 2.24) is 5.32 Å². The molecule has 0 heterocycles. The number of amides is 1. The number of nitrogens with one attached hydrogen (secondary N) is 1. The van der Waals surface area contributed by atoms with E-state index in [2.05, 4.69) is 5.32 Å². The van der Waals surface area contributed by atoms with Crippen molar-refractivity contribution in [2.75, 3.05) is 21.0 Å². The van der Waals surface area contributed by atoms with Crippen LogP contribution in [0, 0.1) is 0 Å². The lowest BCUT2D eigenvalue weighted by Crippen LogP contribution is -2.18. The lowest BCUT2D eigenvalue weighted by atomic mass is 10.1. The van der Waals surface area contributed by atoms with Crippen LogP contribution in [0.5, 0.6) is 5.75 Å². The first-order valence-electron chi connectivity index (χ1n) is 5.40. The summed E-state index contributed by atoms with van der Waals surface area (Å²) in [5, 5.41) is 2.69. The van der Waals surface area contributed by atoms with Crippen LogP contribution in [0.15, 0.2) is 30.5 Å². The van der Waals surface area contributed by atoms with Crippen LogP contribution in [0.2, 0.25) is 0 Å². The zero-order valence-electron chi connectivity index (χ0n) is 10.7. The van der Waals surface area contributed by atoms with E-state index >= 15 is 0 Å². The molecule has 0 aliphatic rings. The summed E-state index contributed by atoms with van der Waals surface area (Å²) < 4.78 is 15.0. The zero-order chi connectivity index (χ0) is 13.4. The SMILES string of the molecule is COCO/C=C(/NC(C)=O)c1ccc(OC)cc1. The third-order valence-electron chi connectivity index (χ3n) is 2.10. The molecule has 0 aliphatic carbocycles. The van der Waals surface area contributed by atoms with Gasteiger partial charge < -0.3 is 19.5 Å². The summed E-state index contributed by atoms with van der Waals surface area (Å²) in [6.07, 6.45) is 1.45. The van der Waals surface area contributed by atoms with Crippen LogP contribution in [0.1, 0.15) is 12.5 Å². The van der Waals surface area contributed by atoms with E-state index in [1.54, 1.807) is 19.2 Å². The minimum Gasteiger partial charge on any atom is -0.497 e. The first kappa shape index (κ1) is 14.1. The van der Waals surface area contributed by atoms with Gasteiger partial charge in [0.15, 0.2) is 6.79 Å². The number of benzene rings is 1. The molecule has 1 rings (SSSR count). The Hall–Kier alpha value is -2.01. The summed E-state index contributed by atoms with van der Waals surface area (Å²) in [6.45, 7) is 1.56. The Morgan fingerprint density at radius 3 is 2.44 bits per heavy atom. The second-order valence-corrected chi connectivity index (χ2v) is 3.51. The fraction of sp³-hybridized carbons (Fsp3) is 0.308.